The number of hydrogen-bond donors (Lipinski definition) is 0. The van der Waals surface area contributed by atoms with Gasteiger partial charge >= 0.3 is 0 Å². The van der Waals surface area contributed by atoms with Crippen LogP contribution in [0.1, 0.15) is 31.7 Å². The molecular formula is C13H15BrO. The van der Waals surface area contributed by atoms with Gasteiger partial charge in [-0.05, 0) is 25.3 Å². The number of alkyl halides is 1. The van der Waals surface area contributed by atoms with Crippen LogP contribution in [0.15, 0.2) is 30.3 Å². The molecule has 2 atom stereocenters. The Bertz CT molecular complexity index is 360. The lowest BCUT2D eigenvalue weighted by Gasteiger charge is -2.37. The standard InChI is InChI=1S/C13H15BrO/c1-13(10-6-3-2-4-7-10)11(14)8-5-9-12(13)15/h2-4,6-7,11H,5,8-9H2,1H3. The van der Waals surface area contributed by atoms with E-state index in [9.17, 15) is 4.79 Å². The highest BCUT2D eigenvalue weighted by Gasteiger charge is 2.43. The lowest BCUT2D eigenvalue weighted by molar-refractivity contribution is -0.125. The average molecular weight is 267 g/mol. The van der Waals surface area contributed by atoms with Crippen LogP contribution >= 0.6 is 15.9 Å². The summed E-state index contributed by atoms with van der Waals surface area (Å²) in [5, 5.41) is 0. The third kappa shape index (κ3) is 1.76. The Hall–Kier alpha value is -0.630. The van der Waals surface area contributed by atoms with Crippen LogP contribution in [-0.4, -0.2) is 10.6 Å². The van der Waals surface area contributed by atoms with Crippen molar-refractivity contribution in [1.82, 2.24) is 0 Å². The van der Waals surface area contributed by atoms with Gasteiger partial charge in [0.25, 0.3) is 0 Å². The van der Waals surface area contributed by atoms with Crippen molar-refractivity contribution in [3.63, 3.8) is 0 Å². The maximum atomic E-state index is 12.1. The Morgan fingerprint density at radius 3 is 2.60 bits per heavy atom. The summed E-state index contributed by atoms with van der Waals surface area (Å²) in [7, 11) is 0. The first-order valence-electron chi connectivity index (χ1n) is 5.38. The number of carbonyl (C=O) groups excluding carboxylic acids is 1. The van der Waals surface area contributed by atoms with Crippen LogP contribution in [0.25, 0.3) is 0 Å². The molecule has 1 nitrogen and oxygen atoms in total. The van der Waals surface area contributed by atoms with E-state index in [-0.39, 0.29) is 10.2 Å². The number of rotatable bonds is 1. The van der Waals surface area contributed by atoms with Crippen LogP contribution in [0.4, 0.5) is 0 Å². The summed E-state index contributed by atoms with van der Waals surface area (Å²) in [5.74, 6) is 0.363. The summed E-state index contributed by atoms with van der Waals surface area (Å²) in [6.45, 7) is 2.06. The second-order valence-corrected chi connectivity index (χ2v) is 5.46. The zero-order valence-electron chi connectivity index (χ0n) is 8.87. The summed E-state index contributed by atoms with van der Waals surface area (Å²) in [6, 6.07) is 10.1. The van der Waals surface area contributed by atoms with Gasteiger partial charge in [-0.15, -0.1) is 0 Å². The van der Waals surface area contributed by atoms with Gasteiger partial charge in [-0.2, -0.15) is 0 Å². The van der Waals surface area contributed by atoms with Crippen molar-refractivity contribution in [2.24, 2.45) is 0 Å². The smallest absolute Gasteiger partial charge is 0.144 e. The van der Waals surface area contributed by atoms with E-state index in [0.29, 0.717) is 12.2 Å². The first-order valence-corrected chi connectivity index (χ1v) is 6.30. The largest absolute Gasteiger partial charge is 0.299 e. The van der Waals surface area contributed by atoms with Gasteiger partial charge in [0.05, 0.1) is 5.41 Å². The van der Waals surface area contributed by atoms with E-state index in [1.807, 2.05) is 18.2 Å². The van der Waals surface area contributed by atoms with Gasteiger partial charge in [-0.25, -0.2) is 0 Å². The fourth-order valence-electron chi connectivity index (χ4n) is 2.29. The highest BCUT2D eigenvalue weighted by Crippen LogP contribution is 2.40. The van der Waals surface area contributed by atoms with Crippen LogP contribution in [0, 0.1) is 0 Å². The quantitative estimate of drug-likeness (QED) is 0.712. The van der Waals surface area contributed by atoms with E-state index in [4.69, 9.17) is 0 Å². The molecule has 0 aromatic heterocycles. The SMILES string of the molecule is CC1(c2ccccc2)C(=O)CCCC1Br. The molecule has 1 fully saturated rings. The van der Waals surface area contributed by atoms with E-state index in [0.717, 1.165) is 18.4 Å². The number of Topliss-reactive ketones (excluding diaryl/α,β-unsaturated/α-hetero) is 1. The van der Waals surface area contributed by atoms with E-state index < -0.39 is 0 Å². The number of halogens is 1. The van der Waals surface area contributed by atoms with Crippen molar-refractivity contribution >= 4 is 21.7 Å². The molecule has 1 saturated carbocycles. The molecule has 1 aliphatic rings. The monoisotopic (exact) mass is 266 g/mol. The van der Waals surface area contributed by atoms with Crippen molar-refractivity contribution in [2.75, 3.05) is 0 Å². The van der Waals surface area contributed by atoms with Crippen LogP contribution in [0.5, 0.6) is 0 Å². The molecule has 1 aromatic rings. The lowest BCUT2D eigenvalue weighted by atomic mass is 9.70. The highest BCUT2D eigenvalue weighted by molar-refractivity contribution is 9.09. The zero-order valence-corrected chi connectivity index (χ0v) is 10.5. The van der Waals surface area contributed by atoms with Crippen molar-refractivity contribution in [1.29, 1.82) is 0 Å². The summed E-state index contributed by atoms with van der Waals surface area (Å²) in [5.41, 5.74) is 0.802. The number of carbonyl (C=O) groups is 1. The molecule has 2 unspecified atom stereocenters. The average Bonchev–Trinajstić information content (AvgIpc) is 2.27. The molecular weight excluding hydrogens is 252 g/mol. The Morgan fingerprint density at radius 2 is 2.00 bits per heavy atom. The van der Waals surface area contributed by atoms with Gasteiger partial charge in [-0.3, -0.25) is 4.79 Å². The number of benzene rings is 1. The normalized spacial score (nSPS) is 31.6. The van der Waals surface area contributed by atoms with Crippen molar-refractivity contribution < 1.29 is 4.79 Å². The summed E-state index contributed by atoms with van der Waals surface area (Å²) in [4.78, 5) is 12.4. The van der Waals surface area contributed by atoms with Gasteiger partial charge in [0.15, 0.2) is 0 Å². The minimum atomic E-state index is -0.334. The van der Waals surface area contributed by atoms with Crippen LogP contribution in [0.3, 0.4) is 0 Å². The molecule has 2 heteroatoms. The molecule has 0 aliphatic heterocycles. The zero-order chi connectivity index (χ0) is 10.9. The van der Waals surface area contributed by atoms with Crippen LogP contribution in [-0.2, 0) is 10.2 Å². The second-order valence-electron chi connectivity index (χ2n) is 4.35. The lowest BCUT2D eigenvalue weighted by Crippen LogP contribution is -2.44. The highest BCUT2D eigenvalue weighted by atomic mass is 79.9. The predicted octanol–water partition coefficient (Wildman–Crippen LogP) is 3.46. The Labute approximate surface area is 99.0 Å². The maximum absolute atomic E-state index is 12.1. The molecule has 0 spiro atoms. The Kier molecular flexibility index (Phi) is 2.96. The molecule has 0 N–H and O–H groups in total. The van der Waals surface area contributed by atoms with E-state index in [1.165, 1.54) is 0 Å². The summed E-state index contributed by atoms with van der Waals surface area (Å²) < 4.78 is 0. The number of ketones is 1. The first-order chi connectivity index (χ1) is 7.15. The molecule has 15 heavy (non-hydrogen) atoms. The molecule has 0 radical (unpaired) electrons. The van der Waals surface area contributed by atoms with Gasteiger partial charge < -0.3 is 0 Å². The summed E-state index contributed by atoms with van der Waals surface area (Å²) >= 11 is 3.67. The third-order valence-electron chi connectivity index (χ3n) is 3.44. The van der Waals surface area contributed by atoms with Crippen molar-refractivity contribution in [2.45, 2.75) is 36.4 Å². The molecule has 2 rings (SSSR count). The second kappa shape index (κ2) is 4.09. The van der Waals surface area contributed by atoms with E-state index in [1.54, 1.807) is 0 Å². The fourth-order valence-corrected chi connectivity index (χ4v) is 3.13. The van der Waals surface area contributed by atoms with Crippen LogP contribution < -0.4 is 0 Å². The first kappa shape index (κ1) is 10.9. The molecule has 0 amide bonds. The predicted molar refractivity (Wildman–Crippen MR) is 65.4 cm³/mol. The molecule has 80 valence electrons. The van der Waals surface area contributed by atoms with Crippen molar-refractivity contribution in [3.05, 3.63) is 35.9 Å². The van der Waals surface area contributed by atoms with Gasteiger partial charge in [0.1, 0.15) is 5.78 Å². The Morgan fingerprint density at radius 1 is 1.33 bits per heavy atom. The van der Waals surface area contributed by atoms with Gasteiger partial charge in [-0.1, -0.05) is 46.3 Å². The van der Waals surface area contributed by atoms with Gasteiger partial charge in [0, 0.05) is 11.2 Å². The summed E-state index contributed by atoms with van der Waals surface area (Å²) in [6.07, 6.45) is 2.81. The molecule has 0 bridgehead atoms. The minimum absolute atomic E-state index is 0.272. The van der Waals surface area contributed by atoms with Crippen LogP contribution in [0.2, 0.25) is 0 Å². The third-order valence-corrected chi connectivity index (χ3v) is 4.81. The minimum Gasteiger partial charge on any atom is -0.299 e. The Balaban J connectivity index is 2.43. The molecule has 0 saturated heterocycles. The van der Waals surface area contributed by atoms with E-state index in [2.05, 4.69) is 35.0 Å². The topological polar surface area (TPSA) is 17.1 Å². The van der Waals surface area contributed by atoms with E-state index >= 15 is 0 Å². The van der Waals surface area contributed by atoms with Crippen molar-refractivity contribution in [3.8, 4) is 0 Å². The number of hydrogen-bond acceptors (Lipinski definition) is 1. The maximum Gasteiger partial charge on any atom is 0.144 e. The molecule has 1 aliphatic carbocycles. The molecule has 1 aromatic carbocycles. The molecule has 0 heterocycles. The fraction of sp³-hybridized carbons (Fsp3) is 0.462. The van der Waals surface area contributed by atoms with Gasteiger partial charge in [0.2, 0.25) is 0 Å².